The third-order valence-electron chi connectivity index (χ3n) is 4.80. The van der Waals surface area contributed by atoms with Crippen molar-refractivity contribution < 1.29 is 14.6 Å². The maximum atomic E-state index is 11.7. The molecule has 1 fully saturated rings. The Morgan fingerprint density at radius 1 is 0.893 bits per heavy atom. The highest BCUT2D eigenvalue weighted by atomic mass is 16.5. The van der Waals surface area contributed by atoms with Crippen LogP contribution in [0.4, 0.5) is 11.5 Å². The number of carbonyl (C=O) groups is 1. The van der Waals surface area contributed by atoms with Gasteiger partial charge < -0.3 is 19.6 Å². The Kier molecular flexibility index (Phi) is 4.84. The number of carboxylic acids is 1. The average molecular weight is 379 g/mol. The molecule has 0 spiro atoms. The molecule has 8 nitrogen and oxygen atoms in total. The highest BCUT2D eigenvalue weighted by molar-refractivity contribution is 5.91. The van der Waals surface area contributed by atoms with E-state index in [2.05, 4.69) is 27.2 Å². The van der Waals surface area contributed by atoms with Crippen molar-refractivity contribution in [3.63, 3.8) is 0 Å². The fourth-order valence-corrected chi connectivity index (χ4v) is 3.30. The zero-order valence-corrected chi connectivity index (χ0v) is 15.5. The van der Waals surface area contributed by atoms with Crippen LogP contribution in [0.5, 0.6) is 5.75 Å². The summed E-state index contributed by atoms with van der Waals surface area (Å²) in [6, 6.07) is 17.4. The van der Waals surface area contributed by atoms with Crippen LogP contribution >= 0.6 is 0 Å². The molecule has 4 rings (SSSR count). The number of para-hydroxylation sites is 1. The standard InChI is InChI=1S/C20H21N5O3/c1-28-17-9-7-16(8-10-17)25-21-18(20(26)27)19(22-25)24-13-11-23(12-14-24)15-5-3-2-4-6-15/h2-10H,11-14H2,1H3,(H,26,27). The summed E-state index contributed by atoms with van der Waals surface area (Å²) >= 11 is 0. The molecule has 0 amide bonds. The molecular formula is C20H21N5O3. The molecule has 0 radical (unpaired) electrons. The van der Waals surface area contributed by atoms with E-state index >= 15 is 0 Å². The predicted molar refractivity (Wildman–Crippen MR) is 106 cm³/mol. The van der Waals surface area contributed by atoms with E-state index in [0.717, 1.165) is 13.1 Å². The van der Waals surface area contributed by atoms with Gasteiger partial charge in [0.1, 0.15) is 5.75 Å². The molecule has 28 heavy (non-hydrogen) atoms. The Balaban J connectivity index is 1.55. The summed E-state index contributed by atoms with van der Waals surface area (Å²) in [4.78, 5) is 17.3. The van der Waals surface area contributed by atoms with Crippen LogP contribution in [0.1, 0.15) is 10.5 Å². The maximum absolute atomic E-state index is 11.7. The number of methoxy groups -OCH3 is 1. The van der Waals surface area contributed by atoms with Crippen LogP contribution in [0.3, 0.4) is 0 Å². The average Bonchev–Trinajstić information content (AvgIpc) is 3.20. The van der Waals surface area contributed by atoms with Crippen LogP contribution in [0.2, 0.25) is 0 Å². The monoisotopic (exact) mass is 379 g/mol. The van der Waals surface area contributed by atoms with Crippen molar-refractivity contribution in [3.8, 4) is 11.4 Å². The van der Waals surface area contributed by atoms with Crippen molar-refractivity contribution in [2.45, 2.75) is 0 Å². The molecule has 1 aliphatic rings. The highest BCUT2D eigenvalue weighted by Gasteiger charge is 2.26. The van der Waals surface area contributed by atoms with Crippen molar-refractivity contribution in [2.24, 2.45) is 0 Å². The van der Waals surface area contributed by atoms with Crippen molar-refractivity contribution in [3.05, 3.63) is 60.3 Å². The molecule has 0 unspecified atom stereocenters. The van der Waals surface area contributed by atoms with Crippen molar-refractivity contribution in [1.82, 2.24) is 15.0 Å². The van der Waals surface area contributed by atoms with Crippen LogP contribution in [0.25, 0.3) is 5.69 Å². The topological polar surface area (TPSA) is 83.7 Å². The van der Waals surface area contributed by atoms with Crippen molar-refractivity contribution in [2.75, 3.05) is 43.1 Å². The Hall–Kier alpha value is -3.55. The van der Waals surface area contributed by atoms with E-state index in [0.29, 0.717) is 30.3 Å². The lowest BCUT2D eigenvalue weighted by Crippen LogP contribution is -2.47. The third-order valence-corrected chi connectivity index (χ3v) is 4.80. The van der Waals surface area contributed by atoms with E-state index in [1.165, 1.54) is 10.5 Å². The molecule has 2 heterocycles. The molecule has 1 aliphatic heterocycles. The van der Waals surface area contributed by atoms with Crippen molar-refractivity contribution in [1.29, 1.82) is 0 Å². The molecule has 8 heteroatoms. The smallest absolute Gasteiger partial charge is 0.360 e. The largest absolute Gasteiger partial charge is 0.497 e. The van der Waals surface area contributed by atoms with Gasteiger partial charge in [0.05, 0.1) is 12.8 Å². The lowest BCUT2D eigenvalue weighted by atomic mass is 10.2. The molecule has 0 aliphatic carbocycles. The molecule has 0 atom stereocenters. The molecular weight excluding hydrogens is 358 g/mol. The van der Waals surface area contributed by atoms with Gasteiger partial charge in [-0.25, -0.2) is 4.79 Å². The zero-order valence-electron chi connectivity index (χ0n) is 15.5. The minimum atomic E-state index is -1.08. The fraction of sp³-hybridized carbons (Fsp3) is 0.250. The molecule has 0 saturated carbocycles. The number of carboxylic acid groups (broad SMARTS) is 1. The second kappa shape index (κ2) is 7.59. The Bertz CT molecular complexity index is 948. The fourth-order valence-electron chi connectivity index (χ4n) is 3.30. The van der Waals surface area contributed by atoms with Gasteiger partial charge in [-0.2, -0.15) is 0 Å². The van der Waals surface area contributed by atoms with Gasteiger partial charge in [-0.3, -0.25) is 0 Å². The van der Waals surface area contributed by atoms with E-state index in [4.69, 9.17) is 4.74 Å². The summed E-state index contributed by atoms with van der Waals surface area (Å²) in [6.07, 6.45) is 0. The first-order valence-corrected chi connectivity index (χ1v) is 9.06. The van der Waals surface area contributed by atoms with E-state index in [1.54, 1.807) is 31.4 Å². The summed E-state index contributed by atoms with van der Waals surface area (Å²) in [7, 11) is 1.59. The van der Waals surface area contributed by atoms with Gasteiger partial charge >= 0.3 is 5.97 Å². The van der Waals surface area contributed by atoms with Gasteiger partial charge in [-0.15, -0.1) is 15.0 Å². The number of hydrogen-bond donors (Lipinski definition) is 1. The third kappa shape index (κ3) is 3.48. The zero-order chi connectivity index (χ0) is 19.5. The number of benzene rings is 2. The van der Waals surface area contributed by atoms with Gasteiger partial charge in [0.2, 0.25) is 5.69 Å². The summed E-state index contributed by atoms with van der Waals surface area (Å²) in [5.74, 6) is 0.0305. The molecule has 0 bridgehead atoms. The maximum Gasteiger partial charge on any atom is 0.360 e. The van der Waals surface area contributed by atoms with E-state index in [9.17, 15) is 9.90 Å². The van der Waals surface area contributed by atoms with Gasteiger partial charge in [0.25, 0.3) is 0 Å². The summed E-state index contributed by atoms with van der Waals surface area (Å²) in [5, 5.41) is 18.3. The SMILES string of the molecule is COc1ccc(-n2nc(C(=O)O)c(N3CCN(c4ccccc4)CC3)n2)cc1. The second-order valence-electron chi connectivity index (χ2n) is 6.47. The number of aromatic carboxylic acids is 1. The van der Waals surface area contributed by atoms with Gasteiger partial charge in [-0.1, -0.05) is 18.2 Å². The highest BCUT2D eigenvalue weighted by Crippen LogP contribution is 2.23. The number of rotatable bonds is 5. The quantitative estimate of drug-likeness (QED) is 0.728. The summed E-state index contributed by atoms with van der Waals surface area (Å²) in [6.45, 7) is 2.93. The molecule has 2 aromatic carbocycles. The van der Waals surface area contributed by atoms with E-state index < -0.39 is 5.97 Å². The first-order valence-electron chi connectivity index (χ1n) is 9.06. The van der Waals surface area contributed by atoms with Crippen LogP contribution < -0.4 is 14.5 Å². The lowest BCUT2D eigenvalue weighted by Gasteiger charge is -2.36. The number of anilines is 2. The summed E-state index contributed by atoms with van der Waals surface area (Å²) < 4.78 is 5.16. The van der Waals surface area contributed by atoms with Crippen LogP contribution in [0, 0.1) is 0 Å². The number of nitrogens with zero attached hydrogens (tertiary/aromatic N) is 5. The minimum Gasteiger partial charge on any atom is -0.497 e. The molecule has 3 aromatic rings. The normalized spacial score (nSPS) is 14.2. The van der Waals surface area contributed by atoms with Gasteiger partial charge in [-0.05, 0) is 36.4 Å². The van der Waals surface area contributed by atoms with Crippen LogP contribution in [-0.4, -0.2) is 59.4 Å². The minimum absolute atomic E-state index is 0.0380. The predicted octanol–water partition coefficient (Wildman–Crippen LogP) is 2.30. The van der Waals surface area contributed by atoms with E-state index in [1.807, 2.05) is 23.1 Å². The molecule has 1 aromatic heterocycles. The molecule has 1 saturated heterocycles. The Morgan fingerprint density at radius 2 is 1.54 bits per heavy atom. The Morgan fingerprint density at radius 3 is 2.14 bits per heavy atom. The van der Waals surface area contributed by atoms with E-state index in [-0.39, 0.29) is 5.69 Å². The first-order chi connectivity index (χ1) is 13.7. The van der Waals surface area contributed by atoms with Crippen LogP contribution in [0.15, 0.2) is 54.6 Å². The number of piperazine rings is 1. The van der Waals surface area contributed by atoms with Gasteiger partial charge in [0.15, 0.2) is 5.82 Å². The Labute approximate surface area is 162 Å². The van der Waals surface area contributed by atoms with Crippen LogP contribution in [-0.2, 0) is 0 Å². The summed E-state index contributed by atoms with van der Waals surface area (Å²) in [5.41, 5.74) is 1.81. The lowest BCUT2D eigenvalue weighted by molar-refractivity contribution is 0.0690. The number of aromatic nitrogens is 3. The number of hydrogen-bond acceptors (Lipinski definition) is 6. The second-order valence-corrected chi connectivity index (χ2v) is 6.47. The van der Waals surface area contributed by atoms with Crippen molar-refractivity contribution >= 4 is 17.5 Å². The molecule has 1 N–H and O–H groups in total. The molecule has 144 valence electrons. The van der Waals surface area contributed by atoms with Gasteiger partial charge in [0, 0.05) is 31.9 Å². The first kappa shape index (κ1) is 17.8. The number of ether oxygens (including phenoxy) is 1.